The van der Waals surface area contributed by atoms with Crippen molar-refractivity contribution < 1.29 is 19.1 Å². The number of pyridine rings is 1. The zero-order valence-electron chi connectivity index (χ0n) is 11.0. The van der Waals surface area contributed by atoms with E-state index in [0.717, 1.165) is 5.56 Å². The van der Waals surface area contributed by atoms with Crippen LogP contribution in [-0.2, 0) is 6.42 Å². The van der Waals surface area contributed by atoms with Crippen LogP contribution in [0.15, 0.2) is 42.6 Å². The molecule has 2 N–H and O–H groups in total. The number of benzene rings is 1. The summed E-state index contributed by atoms with van der Waals surface area (Å²) in [7, 11) is 0. The topological polar surface area (TPSA) is 79.3 Å². The Balaban J connectivity index is 1.86. The Morgan fingerprint density at radius 1 is 1.14 bits per heavy atom. The monoisotopic (exact) mass is 288 g/mol. The van der Waals surface area contributed by atoms with Gasteiger partial charge in [-0.2, -0.15) is 0 Å². The first-order chi connectivity index (χ1) is 10.1. The second-order valence-electron chi connectivity index (χ2n) is 4.37. The third-order valence-electron chi connectivity index (χ3n) is 2.86. The molecule has 2 rings (SSSR count). The molecule has 0 atom stereocenters. The number of hydrogen-bond acceptors (Lipinski definition) is 3. The van der Waals surface area contributed by atoms with Crippen LogP contribution in [0.4, 0.5) is 4.39 Å². The minimum Gasteiger partial charge on any atom is -0.477 e. The number of hydrogen-bond donors (Lipinski definition) is 2. The van der Waals surface area contributed by atoms with Crippen molar-refractivity contribution in [1.82, 2.24) is 10.3 Å². The molecule has 1 heterocycles. The Labute approximate surface area is 120 Å². The molecule has 0 bridgehead atoms. The quantitative estimate of drug-likeness (QED) is 0.880. The van der Waals surface area contributed by atoms with Crippen LogP contribution in [-0.4, -0.2) is 28.5 Å². The van der Waals surface area contributed by atoms with E-state index < -0.39 is 5.97 Å². The van der Waals surface area contributed by atoms with E-state index in [1.807, 2.05) is 0 Å². The van der Waals surface area contributed by atoms with Gasteiger partial charge in [0.15, 0.2) is 0 Å². The zero-order valence-corrected chi connectivity index (χ0v) is 11.0. The molecule has 2 aromatic rings. The molecule has 1 amide bonds. The van der Waals surface area contributed by atoms with Crippen LogP contribution in [0, 0.1) is 5.82 Å². The van der Waals surface area contributed by atoms with E-state index in [-0.39, 0.29) is 17.4 Å². The van der Waals surface area contributed by atoms with Crippen molar-refractivity contribution in [3.63, 3.8) is 0 Å². The maximum Gasteiger partial charge on any atom is 0.354 e. The highest BCUT2D eigenvalue weighted by Gasteiger charge is 2.08. The predicted octanol–water partition coefficient (Wildman–Crippen LogP) is 1.89. The highest BCUT2D eigenvalue weighted by Crippen LogP contribution is 2.04. The molecule has 0 saturated heterocycles. The van der Waals surface area contributed by atoms with Gasteiger partial charge in [-0.3, -0.25) is 4.79 Å². The standard InChI is InChI=1S/C15H13FN2O3/c16-12-4-1-10(2-5-12)7-8-17-14(19)11-3-6-13(15(20)21)18-9-11/h1-6,9H,7-8H2,(H,17,19)(H,20,21). The van der Waals surface area contributed by atoms with Crippen LogP contribution in [0.5, 0.6) is 0 Å². The molecule has 0 aliphatic carbocycles. The number of rotatable bonds is 5. The molecule has 0 spiro atoms. The van der Waals surface area contributed by atoms with E-state index in [0.29, 0.717) is 18.5 Å². The molecule has 0 unspecified atom stereocenters. The first-order valence-corrected chi connectivity index (χ1v) is 6.28. The SMILES string of the molecule is O=C(NCCc1ccc(F)cc1)c1ccc(C(=O)O)nc1. The lowest BCUT2D eigenvalue weighted by Gasteiger charge is -2.05. The second kappa shape index (κ2) is 6.60. The number of halogens is 1. The summed E-state index contributed by atoms with van der Waals surface area (Å²) in [5.74, 6) is -1.77. The summed E-state index contributed by atoms with van der Waals surface area (Å²) in [6.07, 6.45) is 1.79. The Morgan fingerprint density at radius 2 is 1.86 bits per heavy atom. The number of nitrogens with zero attached hydrogens (tertiary/aromatic N) is 1. The highest BCUT2D eigenvalue weighted by molar-refractivity contribution is 5.94. The normalized spacial score (nSPS) is 10.1. The minimum absolute atomic E-state index is 0.113. The van der Waals surface area contributed by atoms with Crippen LogP contribution in [0.3, 0.4) is 0 Å². The van der Waals surface area contributed by atoms with E-state index in [4.69, 9.17) is 5.11 Å². The van der Waals surface area contributed by atoms with Crippen LogP contribution in [0.25, 0.3) is 0 Å². The van der Waals surface area contributed by atoms with E-state index in [1.165, 1.54) is 30.5 Å². The average molecular weight is 288 g/mol. The number of carbonyl (C=O) groups is 2. The van der Waals surface area contributed by atoms with Crippen molar-refractivity contribution >= 4 is 11.9 Å². The molecule has 0 saturated carbocycles. The smallest absolute Gasteiger partial charge is 0.354 e. The lowest BCUT2D eigenvalue weighted by molar-refractivity contribution is 0.0689. The second-order valence-corrected chi connectivity index (χ2v) is 4.37. The molecule has 108 valence electrons. The van der Waals surface area contributed by atoms with Gasteiger partial charge in [-0.05, 0) is 36.2 Å². The fourth-order valence-corrected chi connectivity index (χ4v) is 1.73. The fraction of sp³-hybridized carbons (Fsp3) is 0.133. The van der Waals surface area contributed by atoms with Gasteiger partial charge >= 0.3 is 5.97 Å². The van der Waals surface area contributed by atoms with E-state index in [2.05, 4.69) is 10.3 Å². The summed E-state index contributed by atoms with van der Waals surface area (Å²) < 4.78 is 12.7. The lowest BCUT2D eigenvalue weighted by atomic mass is 10.1. The molecule has 1 aromatic heterocycles. The van der Waals surface area contributed by atoms with Crippen molar-refractivity contribution in [2.24, 2.45) is 0 Å². The Kier molecular flexibility index (Phi) is 4.61. The molecule has 5 nitrogen and oxygen atoms in total. The van der Waals surface area contributed by atoms with E-state index in [9.17, 15) is 14.0 Å². The number of carbonyl (C=O) groups excluding carboxylic acids is 1. The van der Waals surface area contributed by atoms with Gasteiger partial charge in [0.05, 0.1) is 5.56 Å². The Morgan fingerprint density at radius 3 is 2.43 bits per heavy atom. The third kappa shape index (κ3) is 4.10. The predicted molar refractivity (Wildman–Crippen MR) is 73.6 cm³/mol. The number of carboxylic acids is 1. The first-order valence-electron chi connectivity index (χ1n) is 6.28. The van der Waals surface area contributed by atoms with Crippen molar-refractivity contribution in [1.29, 1.82) is 0 Å². The van der Waals surface area contributed by atoms with Gasteiger partial charge in [-0.25, -0.2) is 14.2 Å². The molecule has 0 aliphatic rings. The first kappa shape index (κ1) is 14.6. The van der Waals surface area contributed by atoms with Crippen LogP contribution in [0.2, 0.25) is 0 Å². The number of aromatic carboxylic acids is 1. The molecule has 1 aromatic carbocycles. The molecular weight excluding hydrogens is 275 g/mol. The summed E-state index contributed by atoms with van der Waals surface area (Å²) >= 11 is 0. The van der Waals surface area contributed by atoms with E-state index in [1.54, 1.807) is 12.1 Å². The third-order valence-corrected chi connectivity index (χ3v) is 2.86. The number of amides is 1. The van der Waals surface area contributed by atoms with Crippen LogP contribution >= 0.6 is 0 Å². The zero-order chi connectivity index (χ0) is 15.2. The average Bonchev–Trinajstić information content (AvgIpc) is 2.49. The minimum atomic E-state index is -1.14. The van der Waals surface area contributed by atoms with Gasteiger partial charge in [0.1, 0.15) is 11.5 Å². The van der Waals surface area contributed by atoms with Crippen molar-refractivity contribution in [2.45, 2.75) is 6.42 Å². The van der Waals surface area contributed by atoms with Crippen molar-refractivity contribution in [3.8, 4) is 0 Å². The molecule has 21 heavy (non-hydrogen) atoms. The maximum absolute atomic E-state index is 12.7. The molecule has 6 heteroatoms. The molecule has 0 fully saturated rings. The summed E-state index contributed by atoms with van der Waals surface area (Å²) in [5, 5.41) is 11.4. The van der Waals surface area contributed by atoms with Gasteiger partial charge in [0, 0.05) is 12.7 Å². The van der Waals surface area contributed by atoms with Gasteiger partial charge in [0.2, 0.25) is 0 Å². The largest absolute Gasteiger partial charge is 0.477 e. The van der Waals surface area contributed by atoms with E-state index >= 15 is 0 Å². The van der Waals surface area contributed by atoms with Crippen molar-refractivity contribution in [2.75, 3.05) is 6.54 Å². The molecule has 0 aliphatic heterocycles. The molecule has 0 radical (unpaired) electrons. The maximum atomic E-state index is 12.7. The number of carboxylic acid groups (broad SMARTS) is 1. The van der Waals surface area contributed by atoms with Gasteiger partial charge in [0.25, 0.3) is 5.91 Å². The van der Waals surface area contributed by atoms with Gasteiger partial charge < -0.3 is 10.4 Å². The Hall–Kier alpha value is -2.76. The van der Waals surface area contributed by atoms with Crippen LogP contribution < -0.4 is 5.32 Å². The summed E-state index contributed by atoms with van der Waals surface area (Å²) in [5.41, 5.74) is 1.09. The number of aromatic nitrogens is 1. The summed E-state index contributed by atoms with van der Waals surface area (Å²) in [6.45, 7) is 0.394. The number of nitrogens with one attached hydrogen (secondary N) is 1. The highest BCUT2D eigenvalue weighted by atomic mass is 19.1. The Bertz CT molecular complexity index is 639. The summed E-state index contributed by atoms with van der Waals surface area (Å²) in [4.78, 5) is 26.1. The van der Waals surface area contributed by atoms with Crippen molar-refractivity contribution in [3.05, 3.63) is 65.2 Å². The van der Waals surface area contributed by atoms with Gasteiger partial charge in [-0.1, -0.05) is 12.1 Å². The lowest BCUT2D eigenvalue weighted by Crippen LogP contribution is -2.25. The molecular formula is C15H13FN2O3. The fourth-order valence-electron chi connectivity index (χ4n) is 1.73. The van der Waals surface area contributed by atoms with Gasteiger partial charge in [-0.15, -0.1) is 0 Å². The summed E-state index contributed by atoms with van der Waals surface area (Å²) in [6, 6.07) is 8.73. The van der Waals surface area contributed by atoms with Crippen LogP contribution in [0.1, 0.15) is 26.4 Å².